The molecule has 1 aliphatic rings. The van der Waals surface area contributed by atoms with Crippen LogP contribution >= 0.6 is 0 Å². The third-order valence-corrected chi connectivity index (χ3v) is 5.66. The molecule has 0 saturated carbocycles. The molecule has 3 heterocycles. The smallest absolute Gasteiger partial charge is 0.269 e. The second-order valence-electron chi connectivity index (χ2n) is 7.79. The Morgan fingerprint density at radius 2 is 1.91 bits per heavy atom. The Bertz CT molecular complexity index is 1240. The van der Waals surface area contributed by atoms with Crippen molar-refractivity contribution in [2.24, 2.45) is 5.73 Å². The number of hydrogen-bond acceptors (Lipinski definition) is 7. The zero-order chi connectivity index (χ0) is 24.2. The van der Waals surface area contributed by atoms with Gasteiger partial charge >= 0.3 is 0 Å². The van der Waals surface area contributed by atoms with E-state index in [1.165, 1.54) is 12.3 Å². The summed E-state index contributed by atoms with van der Waals surface area (Å²) in [6, 6.07) is 9.36. The number of primary amides is 1. The highest BCUT2D eigenvalue weighted by Gasteiger charge is 2.33. The normalized spacial score (nSPS) is 15.5. The van der Waals surface area contributed by atoms with Crippen molar-refractivity contribution in [3.8, 4) is 11.3 Å². The van der Waals surface area contributed by atoms with Crippen molar-refractivity contribution >= 4 is 23.5 Å². The summed E-state index contributed by atoms with van der Waals surface area (Å²) in [5, 5.41) is 10.2. The lowest BCUT2D eigenvalue weighted by atomic mass is 10.0. The number of piperidine rings is 1. The zero-order valence-corrected chi connectivity index (χ0v) is 18.3. The Morgan fingerprint density at radius 1 is 1.15 bits per heavy atom. The van der Waals surface area contributed by atoms with Crippen molar-refractivity contribution < 1.29 is 14.4 Å². The summed E-state index contributed by atoms with van der Waals surface area (Å²) < 4.78 is 1.16. The standard InChI is InChI=1S/C23H24N8O3/c1-2-18(32)30-13-4-3-6-16(30)22-28-19(20(21(24)33)31(22)25)14-8-10-15(11-9-14)23(34)27-17-7-5-12-26-29-17/h2,5,7-12,16H,1,3-4,6,13,25H2,(H2,24,33)(H,27,29,34)/t16-/m0/s1. The van der Waals surface area contributed by atoms with Crippen LogP contribution in [0.1, 0.15) is 52.0 Å². The fourth-order valence-electron chi connectivity index (χ4n) is 4.04. The van der Waals surface area contributed by atoms with E-state index in [4.69, 9.17) is 11.6 Å². The minimum atomic E-state index is -0.752. The predicted molar refractivity (Wildman–Crippen MR) is 125 cm³/mol. The quantitative estimate of drug-likeness (QED) is 0.372. The maximum Gasteiger partial charge on any atom is 0.269 e. The highest BCUT2D eigenvalue weighted by Crippen LogP contribution is 2.33. The van der Waals surface area contributed by atoms with Crippen molar-refractivity contribution in [1.82, 2.24) is 24.8 Å². The summed E-state index contributed by atoms with van der Waals surface area (Å²) >= 11 is 0. The van der Waals surface area contributed by atoms with Crippen LogP contribution in [0.2, 0.25) is 0 Å². The van der Waals surface area contributed by atoms with Crippen molar-refractivity contribution in [2.45, 2.75) is 25.3 Å². The molecule has 1 saturated heterocycles. The number of likely N-dealkylation sites (tertiary alicyclic amines) is 1. The first-order valence-corrected chi connectivity index (χ1v) is 10.7. The third-order valence-electron chi connectivity index (χ3n) is 5.66. The molecule has 5 N–H and O–H groups in total. The van der Waals surface area contributed by atoms with E-state index < -0.39 is 11.9 Å². The Kier molecular flexibility index (Phi) is 6.35. The van der Waals surface area contributed by atoms with E-state index in [-0.39, 0.29) is 23.2 Å². The fraction of sp³-hybridized carbons (Fsp3) is 0.217. The van der Waals surface area contributed by atoms with Gasteiger partial charge in [0.05, 0.1) is 6.04 Å². The first-order chi connectivity index (χ1) is 16.4. The first kappa shape index (κ1) is 22.6. The maximum atomic E-state index is 12.5. The van der Waals surface area contributed by atoms with Gasteiger partial charge in [-0.05, 0) is 49.6 Å². The Labute approximate surface area is 195 Å². The molecule has 2 aromatic heterocycles. The maximum absolute atomic E-state index is 12.5. The Hall–Kier alpha value is -4.54. The summed E-state index contributed by atoms with van der Waals surface area (Å²) in [5.74, 6) is 5.59. The first-order valence-electron chi connectivity index (χ1n) is 10.7. The van der Waals surface area contributed by atoms with E-state index in [2.05, 4.69) is 27.1 Å². The summed E-state index contributed by atoms with van der Waals surface area (Å²) in [5.41, 5.74) is 6.85. The van der Waals surface area contributed by atoms with Crippen LogP contribution in [-0.4, -0.2) is 49.0 Å². The zero-order valence-electron chi connectivity index (χ0n) is 18.3. The number of benzene rings is 1. The van der Waals surface area contributed by atoms with E-state index in [0.717, 1.165) is 17.5 Å². The van der Waals surface area contributed by atoms with Crippen molar-refractivity contribution in [2.75, 3.05) is 17.7 Å². The molecule has 11 heteroatoms. The van der Waals surface area contributed by atoms with Crippen LogP contribution in [0.15, 0.2) is 55.3 Å². The lowest BCUT2D eigenvalue weighted by Crippen LogP contribution is -2.39. The number of nitrogens with one attached hydrogen (secondary N) is 1. The third kappa shape index (κ3) is 4.35. The van der Waals surface area contributed by atoms with Gasteiger partial charge in [0.25, 0.3) is 11.8 Å². The van der Waals surface area contributed by atoms with Gasteiger partial charge in [0.2, 0.25) is 5.91 Å². The van der Waals surface area contributed by atoms with Crippen LogP contribution < -0.4 is 16.9 Å². The Morgan fingerprint density at radius 3 is 2.56 bits per heavy atom. The predicted octanol–water partition coefficient (Wildman–Crippen LogP) is 1.64. The molecule has 4 rings (SSSR count). The number of nitrogen functional groups attached to an aromatic ring is 1. The van der Waals surface area contributed by atoms with Crippen molar-refractivity contribution in [3.63, 3.8) is 0 Å². The highest BCUT2D eigenvalue weighted by molar-refractivity contribution is 6.04. The van der Waals surface area contributed by atoms with Gasteiger partial charge in [-0.1, -0.05) is 18.7 Å². The van der Waals surface area contributed by atoms with Crippen LogP contribution in [0.3, 0.4) is 0 Å². The number of aromatic nitrogens is 4. The molecule has 0 aliphatic carbocycles. The van der Waals surface area contributed by atoms with Crippen LogP contribution in [0.25, 0.3) is 11.3 Å². The lowest BCUT2D eigenvalue weighted by molar-refractivity contribution is -0.129. The van der Waals surface area contributed by atoms with Crippen LogP contribution in [0, 0.1) is 0 Å². The monoisotopic (exact) mass is 460 g/mol. The molecule has 174 valence electrons. The minimum Gasteiger partial charge on any atom is -0.364 e. The van der Waals surface area contributed by atoms with Gasteiger partial charge in [0, 0.05) is 23.9 Å². The molecule has 1 aromatic carbocycles. The molecule has 0 radical (unpaired) electrons. The Balaban J connectivity index is 1.66. The molecule has 1 aliphatic heterocycles. The average molecular weight is 460 g/mol. The second-order valence-corrected chi connectivity index (χ2v) is 7.79. The van der Waals surface area contributed by atoms with Gasteiger partial charge in [0.15, 0.2) is 17.3 Å². The molecule has 0 bridgehead atoms. The van der Waals surface area contributed by atoms with Crippen molar-refractivity contribution in [1.29, 1.82) is 0 Å². The van der Waals surface area contributed by atoms with Crippen LogP contribution in [-0.2, 0) is 4.79 Å². The van der Waals surface area contributed by atoms with Gasteiger partial charge < -0.3 is 21.8 Å². The van der Waals surface area contributed by atoms with E-state index in [1.807, 2.05) is 0 Å². The molecule has 3 amide bonds. The topological polar surface area (TPSA) is 162 Å². The van der Waals surface area contributed by atoms with Crippen LogP contribution in [0.5, 0.6) is 0 Å². The number of rotatable bonds is 6. The van der Waals surface area contributed by atoms with Gasteiger partial charge in [-0.2, -0.15) is 5.10 Å². The van der Waals surface area contributed by atoms with E-state index in [9.17, 15) is 14.4 Å². The number of carbonyl (C=O) groups excluding carboxylic acids is 3. The number of carbonyl (C=O) groups is 3. The average Bonchev–Trinajstić information content (AvgIpc) is 3.21. The minimum absolute atomic E-state index is 0.0170. The molecule has 11 nitrogen and oxygen atoms in total. The molecule has 0 spiro atoms. The second kappa shape index (κ2) is 9.53. The number of imidazole rings is 1. The fourth-order valence-corrected chi connectivity index (χ4v) is 4.04. The van der Waals surface area contributed by atoms with E-state index in [1.54, 1.807) is 41.3 Å². The molecule has 3 aromatic rings. The van der Waals surface area contributed by atoms with Crippen molar-refractivity contribution in [3.05, 3.63) is 72.3 Å². The number of nitrogens with two attached hydrogens (primary N) is 2. The largest absolute Gasteiger partial charge is 0.364 e. The highest BCUT2D eigenvalue weighted by atomic mass is 16.2. The number of nitrogens with zero attached hydrogens (tertiary/aromatic N) is 5. The lowest BCUT2D eigenvalue weighted by Gasteiger charge is -2.34. The van der Waals surface area contributed by atoms with E-state index in [0.29, 0.717) is 35.7 Å². The summed E-state index contributed by atoms with van der Waals surface area (Å²) in [6.07, 6.45) is 5.14. The number of amides is 3. The SMILES string of the molecule is C=CC(=O)N1CCCC[C@H]1c1nc(-c2ccc(C(=O)Nc3cccnn3)cc2)c(C(N)=O)n1N. The molecule has 1 atom stereocenters. The van der Waals surface area contributed by atoms with Crippen LogP contribution in [0.4, 0.5) is 5.82 Å². The summed E-state index contributed by atoms with van der Waals surface area (Å²) in [6.45, 7) is 4.11. The van der Waals surface area contributed by atoms with E-state index >= 15 is 0 Å². The van der Waals surface area contributed by atoms with Gasteiger partial charge in [0.1, 0.15) is 5.69 Å². The van der Waals surface area contributed by atoms with Gasteiger partial charge in [-0.15, -0.1) is 5.10 Å². The van der Waals surface area contributed by atoms with Gasteiger partial charge in [-0.3, -0.25) is 14.4 Å². The van der Waals surface area contributed by atoms with Gasteiger partial charge in [-0.25, -0.2) is 9.66 Å². The summed E-state index contributed by atoms with van der Waals surface area (Å²) in [7, 11) is 0. The number of hydrogen-bond donors (Lipinski definition) is 3. The molecule has 1 fully saturated rings. The molecular formula is C23H24N8O3. The molecular weight excluding hydrogens is 436 g/mol. The molecule has 34 heavy (non-hydrogen) atoms. The number of anilines is 1. The molecule has 0 unspecified atom stereocenters. The summed E-state index contributed by atoms with van der Waals surface area (Å²) in [4.78, 5) is 43.4.